The van der Waals surface area contributed by atoms with Crippen molar-refractivity contribution in [1.82, 2.24) is 5.32 Å². The molecule has 0 aromatic carbocycles. The molecule has 0 aliphatic carbocycles. The lowest BCUT2D eigenvalue weighted by Gasteiger charge is -2.12. The Labute approximate surface area is 105 Å². The van der Waals surface area contributed by atoms with Gasteiger partial charge >= 0.3 is 0 Å². The van der Waals surface area contributed by atoms with Crippen molar-refractivity contribution in [1.29, 1.82) is 0 Å². The van der Waals surface area contributed by atoms with Gasteiger partial charge in [-0.2, -0.15) is 0 Å². The molecule has 5 nitrogen and oxygen atoms in total. The van der Waals surface area contributed by atoms with E-state index in [1.54, 1.807) is 14.2 Å². The minimum atomic E-state index is 0.376. The second kappa shape index (κ2) is 13.9. The van der Waals surface area contributed by atoms with E-state index in [2.05, 4.69) is 12.2 Å². The quantitative estimate of drug-likeness (QED) is 0.486. The Balaban J connectivity index is 2.98. The Kier molecular flexibility index (Phi) is 13.7. The van der Waals surface area contributed by atoms with Crippen LogP contribution in [0.3, 0.4) is 0 Å². The predicted molar refractivity (Wildman–Crippen MR) is 67.5 cm³/mol. The van der Waals surface area contributed by atoms with Crippen molar-refractivity contribution >= 4 is 0 Å². The van der Waals surface area contributed by atoms with Crippen molar-refractivity contribution in [3.8, 4) is 0 Å². The molecule has 0 radical (unpaired) electrons. The maximum atomic E-state index is 5.45. The van der Waals surface area contributed by atoms with Gasteiger partial charge in [-0.05, 0) is 13.3 Å². The largest absolute Gasteiger partial charge is 0.383 e. The third-order valence-electron chi connectivity index (χ3n) is 2.17. The Hall–Kier alpha value is -0.200. The number of hydrogen-bond donors (Lipinski definition) is 1. The smallest absolute Gasteiger partial charge is 0.0700 e. The van der Waals surface area contributed by atoms with E-state index < -0.39 is 0 Å². The SMILES string of the molecule is COCCOCCCOCCNC(C)COC. The van der Waals surface area contributed by atoms with Gasteiger partial charge in [0.05, 0.1) is 26.4 Å². The van der Waals surface area contributed by atoms with E-state index in [1.165, 1.54) is 0 Å². The zero-order chi connectivity index (χ0) is 12.8. The van der Waals surface area contributed by atoms with Crippen LogP contribution >= 0.6 is 0 Å². The molecule has 17 heavy (non-hydrogen) atoms. The van der Waals surface area contributed by atoms with E-state index >= 15 is 0 Å². The maximum Gasteiger partial charge on any atom is 0.0700 e. The Morgan fingerprint density at radius 1 is 0.882 bits per heavy atom. The Bertz CT molecular complexity index is 146. The van der Waals surface area contributed by atoms with Gasteiger partial charge < -0.3 is 24.3 Å². The molecule has 1 N–H and O–H groups in total. The molecule has 0 bridgehead atoms. The van der Waals surface area contributed by atoms with E-state index in [-0.39, 0.29) is 0 Å². The van der Waals surface area contributed by atoms with Crippen molar-refractivity contribution in [3.63, 3.8) is 0 Å². The average molecular weight is 249 g/mol. The first-order valence-electron chi connectivity index (χ1n) is 6.18. The van der Waals surface area contributed by atoms with Crippen LogP contribution in [0, 0.1) is 0 Å². The summed E-state index contributed by atoms with van der Waals surface area (Å²) >= 11 is 0. The summed E-state index contributed by atoms with van der Waals surface area (Å²) in [7, 11) is 3.38. The second-order valence-corrected chi connectivity index (χ2v) is 3.88. The van der Waals surface area contributed by atoms with Gasteiger partial charge in [-0.15, -0.1) is 0 Å². The lowest BCUT2D eigenvalue weighted by Crippen LogP contribution is -2.32. The number of rotatable bonds is 13. The summed E-state index contributed by atoms with van der Waals surface area (Å²) in [6.07, 6.45) is 0.928. The van der Waals surface area contributed by atoms with Crippen molar-refractivity contribution < 1.29 is 18.9 Å². The van der Waals surface area contributed by atoms with Gasteiger partial charge in [0.2, 0.25) is 0 Å². The summed E-state index contributed by atoms with van der Waals surface area (Å²) in [6, 6.07) is 0.376. The van der Waals surface area contributed by atoms with Crippen LogP contribution in [-0.4, -0.2) is 66.4 Å². The van der Waals surface area contributed by atoms with Crippen LogP contribution < -0.4 is 5.32 Å². The number of methoxy groups -OCH3 is 2. The summed E-state index contributed by atoms with van der Waals surface area (Å²) in [5.74, 6) is 0. The fraction of sp³-hybridized carbons (Fsp3) is 1.00. The highest BCUT2D eigenvalue weighted by Crippen LogP contribution is 1.86. The zero-order valence-corrected chi connectivity index (χ0v) is 11.4. The normalized spacial score (nSPS) is 12.9. The molecule has 0 aliphatic rings. The lowest BCUT2D eigenvalue weighted by molar-refractivity contribution is 0.0512. The molecule has 1 unspecified atom stereocenters. The molecule has 0 aliphatic heterocycles. The Morgan fingerprint density at radius 3 is 2.24 bits per heavy atom. The summed E-state index contributed by atoms with van der Waals surface area (Å²) < 4.78 is 20.7. The average Bonchev–Trinajstić information content (AvgIpc) is 2.32. The molecular formula is C12H27NO4. The molecule has 0 saturated carbocycles. The molecule has 0 saturated heterocycles. The fourth-order valence-electron chi connectivity index (χ4n) is 1.30. The first-order valence-corrected chi connectivity index (χ1v) is 6.18. The summed E-state index contributed by atoms with van der Waals surface area (Å²) in [6.45, 7) is 7.20. The highest BCUT2D eigenvalue weighted by atomic mass is 16.5. The molecule has 0 heterocycles. The zero-order valence-electron chi connectivity index (χ0n) is 11.4. The van der Waals surface area contributed by atoms with Crippen molar-refractivity contribution in [2.75, 3.05) is 60.4 Å². The van der Waals surface area contributed by atoms with E-state index in [0.29, 0.717) is 19.3 Å². The van der Waals surface area contributed by atoms with Crippen LogP contribution in [0.4, 0.5) is 0 Å². The van der Waals surface area contributed by atoms with E-state index in [9.17, 15) is 0 Å². The van der Waals surface area contributed by atoms with Gasteiger partial charge in [-0.3, -0.25) is 0 Å². The van der Waals surface area contributed by atoms with E-state index in [4.69, 9.17) is 18.9 Å². The number of nitrogens with one attached hydrogen (secondary N) is 1. The summed E-state index contributed by atoms with van der Waals surface area (Å²) in [4.78, 5) is 0. The maximum absolute atomic E-state index is 5.45. The van der Waals surface area contributed by atoms with Crippen molar-refractivity contribution in [3.05, 3.63) is 0 Å². The van der Waals surface area contributed by atoms with Crippen LogP contribution in [0.15, 0.2) is 0 Å². The molecule has 0 aromatic rings. The monoisotopic (exact) mass is 249 g/mol. The minimum Gasteiger partial charge on any atom is -0.383 e. The minimum absolute atomic E-state index is 0.376. The molecule has 5 heteroatoms. The first kappa shape index (κ1) is 16.8. The van der Waals surface area contributed by atoms with Gasteiger partial charge in [0, 0.05) is 40.0 Å². The highest BCUT2D eigenvalue weighted by Gasteiger charge is 1.98. The van der Waals surface area contributed by atoms with Crippen molar-refractivity contribution in [2.24, 2.45) is 0 Å². The Morgan fingerprint density at radius 2 is 1.59 bits per heavy atom. The fourth-order valence-corrected chi connectivity index (χ4v) is 1.30. The van der Waals surface area contributed by atoms with Gasteiger partial charge in [-0.1, -0.05) is 0 Å². The summed E-state index contributed by atoms with van der Waals surface area (Å²) in [5.41, 5.74) is 0. The predicted octanol–water partition coefficient (Wildman–Crippen LogP) is 0.681. The highest BCUT2D eigenvalue weighted by molar-refractivity contribution is 4.57. The van der Waals surface area contributed by atoms with E-state index in [0.717, 1.165) is 39.4 Å². The number of hydrogen-bond acceptors (Lipinski definition) is 5. The second-order valence-electron chi connectivity index (χ2n) is 3.88. The van der Waals surface area contributed by atoms with Crippen LogP contribution in [0.25, 0.3) is 0 Å². The van der Waals surface area contributed by atoms with E-state index in [1.807, 2.05) is 0 Å². The summed E-state index contributed by atoms with van der Waals surface area (Å²) in [5, 5.41) is 3.30. The van der Waals surface area contributed by atoms with Gasteiger partial charge in [0.1, 0.15) is 0 Å². The van der Waals surface area contributed by atoms with Gasteiger partial charge in [-0.25, -0.2) is 0 Å². The molecule has 0 spiro atoms. The molecule has 104 valence electrons. The van der Waals surface area contributed by atoms with Gasteiger partial charge in [0.25, 0.3) is 0 Å². The topological polar surface area (TPSA) is 49.0 Å². The first-order chi connectivity index (χ1) is 8.31. The van der Waals surface area contributed by atoms with Crippen LogP contribution in [0.5, 0.6) is 0 Å². The van der Waals surface area contributed by atoms with Crippen LogP contribution in [-0.2, 0) is 18.9 Å². The molecule has 0 rings (SSSR count). The molecule has 0 fully saturated rings. The lowest BCUT2D eigenvalue weighted by atomic mass is 10.3. The molecular weight excluding hydrogens is 222 g/mol. The van der Waals surface area contributed by atoms with Crippen LogP contribution in [0.1, 0.15) is 13.3 Å². The standard InChI is InChI=1S/C12H27NO4/c1-12(11-15-3)13-5-8-16-6-4-7-17-10-9-14-2/h12-13H,4-11H2,1-3H3. The number of ether oxygens (including phenoxy) is 4. The third kappa shape index (κ3) is 13.7. The third-order valence-corrected chi connectivity index (χ3v) is 2.17. The molecule has 0 amide bonds. The van der Waals surface area contributed by atoms with Crippen molar-refractivity contribution in [2.45, 2.75) is 19.4 Å². The van der Waals surface area contributed by atoms with Crippen LogP contribution in [0.2, 0.25) is 0 Å². The molecule has 1 atom stereocenters. The van der Waals surface area contributed by atoms with Gasteiger partial charge in [0.15, 0.2) is 0 Å². The molecule has 0 aromatic heterocycles.